The molecule has 0 bridgehead atoms. The third-order valence-electron chi connectivity index (χ3n) is 2.00. The van der Waals surface area contributed by atoms with Gasteiger partial charge in [0.25, 0.3) is 0 Å². The zero-order valence-electron chi connectivity index (χ0n) is 7.69. The molecule has 0 saturated heterocycles. The monoisotopic (exact) mass is 286 g/mol. The Bertz CT molecular complexity index is 467. The molecule has 0 aliphatic heterocycles. The highest BCUT2D eigenvalue weighted by atomic mass is 79.9. The van der Waals surface area contributed by atoms with Crippen molar-refractivity contribution in [3.05, 3.63) is 45.7 Å². The van der Waals surface area contributed by atoms with Gasteiger partial charge in [0.05, 0.1) is 12.7 Å². The van der Waals surface area contributed by atoms with E-state index < -0.39 is 0 Å². The molecule has 0 spiro atoms. The molecule has 1 aromatic heterocycles. The van der Waals surface area contributed by atoms with Crippen molar-refractivity contribution in [3.63, 3.8) is 0 Å². The summed E-state index contributed by atoms with van der Waals surface area (Å²) in [7, 11) is 0. The van der Waals surface area contributed by atoms with E-state index in [1.54, 1.807) is 4.68 Å². The Hall–Kier alpha value is -1.000. The molecule has 1 aromatic carbocycles. The molecular formula is C10H8BrClN2O. The van der Waals surface area contributed by atoms with Gasteiger partial charge in [0.2, 0.25) is 0 Å². The molecule has 15 heavy (non-hydrogen) atoms. The van der Waals surface area contributed by atoms with Gasteiger partial charge in [-0.2, -0.15) is 5.10 Å². The maximum absolute atomic E-state index is 9.31. The van der Waals surface area contributed by atoms with Gasteiger partial charge in [0.1, 0.15) is 4.60 Å². The van der Waals surface area contributed by atoms with E-state index in [1.165, 1.54) is 6.20 Å². The quantitative estimate of drug-likeness (QED) is 0.922. The van der Waals surface area contributed by atoms with Crippen molar-refractivity contribution in [2.75, 3.05) is 0 Å². The van der Waals surface area contributed by atoms with Gasteiger partial charge < -0.3 is 5.11 Å². The van der Waals surface area contributed by atoms with E-state index >= 15 is 0 Å². The Labute approximate surface area is 100 Å². The first kappa shape index (κ1) is 10.5. The Morgan fingerprint density at radius 1 is 1.33 bits per heavy atom. The smallest absolute Gasteiger partial charge is 0.168 e. The molecule has 0 aliphatic rings. The zero-order valence-corrected chi connectivity index (χ0v) is 10.0. The molecule has 1 heterocycles. The average molecular weight is 288 g/mol. The minimum absolute atomic E-state index is 0.143. The molecule has 0 aliphatic carbocycles. The zero-order chi connectivity index (χ0) is 10.8. The van der Waals surface area contributed by atoms with Crippen LogP contribution >= 0.6 is 27.5 Å². The molecule has 0 saturated carbocycles. The number of aromatic hydroxyl groups is 1. The van der Waals surface area contributed by atoms with Crippen LogP contribution in [0.2, 0.25) is 5.02 Å². The normalized spacial score (nSPS) is 10.5. The molecule has 0 amide bonds. The summed E-state index contributed by atoms with van der Waals surface area (Å²) < 4.78 is 2.25. The van der Waals surface area contributed by atoms with Crippen LogP contribution < -0.4 is 0 Å². The van der Waals surface area contributed by atoms with Crippen LogP contribution in [0, 0.1) is 0 Å². The largest absolute Gasteiger partial charge is 0.504 e. The van der Waals surface area contributed by atoms with E-state index in [0.29, 0.717) is 16.2 Å². The van der Waals surface area contributed by atoms with E-state index in [2.05, 4.69) is 21.0 Å². The summed E-state index contributed by atoms with van der Waals surface area (Å²) in [6.45, 7) is 0.596. The SMILES string of the molecule is Oc1cnn(Cc2ccc(Cl)cc2)c1Br. The number of aromatic nitrogens is 2. The van der Waals surface area contributed by atoms with Crippen LogP contribution in [-0.2, 0) is 6.54 Å². The third-order valence-corrected chi connectivity index (χ3v) is 3.07. The van der Waals surface area contributed by atoms with Crippen molar-refractivity contribution in [1.29, 1.82) is 0 Å². The van der Waals surface area contributed by atoms with Gasteiger partial charge in [-0.3, -0.25) is 4.68 Å². The second kappa shape index (κ2) is 4.24. The molecule has 0 atom stereocenters. The van der Waals surface area contributed by atoms with Crippen molar-refractivity contribution >= 4 is 27.5 Å². The van der Waals surface area contributed by atoms with Gasteiger partial charge in [0.15, 0.2) is 5.75 Å². The minimum atomic E-state index is 0.143. The molecule has 0 fully saturated rings. The Kier molecular flexibility index (Phi) is 2.98. The van der Waals surface area contributed by atoms with E-state index in [-0.39, 0.29) is 5.75 Å². The molecular weight excluding hydrogens is 279 g/mol. The molecule has 2 aromatic rings. The second-order valence-corrected chi connectivity index (χ2v) is 4.29. The number of hydrogen-bond donors (Lipinski definition) is 1. The Balaban J connectivity index is 2.22. The van der Waals surface area contributed by atoms with Gasteiger partial charge in [-0.1, -0.05) is 23.7 Å². The summed E-state index contributed by atoms with van der Waals surface area (Å²) in [4.78, 5) is 0. The predicted molar refractivity (Wildman–Crippen MR) is 62.1 cm³/mol. The van der Waals surface area contributed by atoms with Crippen molar-refractivity contribution in [3.8, 4) is 5.75 Å². The van der Waals surface area contributed by atoms with Gasteiger partial charge in [-0.15, -0.1) is 0 Å². The van der Waals surface area contributed by atoms with Gasteiger partial charge in [0, 0.05) is 5.02 Å². The van der Waals surface area contributed by atoms with Crippen molar-refractivity contribution in [2.24, 2.45) is 0 Å². The molecule has 78 valence electrons. The molecule has 2 rings (SSSR count). The number of nitrogens with zero attached hydrogens (tertiary/aromatic N) is 2. The summed E-state index contributed by atoms with van der Waals surface area (Å²) in [5.74, 6) is 0.143. The van der Waals surface area contributed by atoms with Crippen molar-refractivity contribution in [2.45, 2.75) is 6.54 Å². The van der Waals surface area contributed by atoms with Crippen molar-refractivity contribution in [1.82, 2.24) is 9.78 Å². The van der Waals surface area contributed by atoms with Gasteiger partial charge in [-0.25, -0.2) is 0 Å². The average Bonchev–Trinajstić information content (AvgIpc) is 2.53. The molecule has 1 N–H and O–H groups in total. The lowest BCUT2D eigenvalue weighted by molar-refractivity contribution is 0.469. The maximum atomic E-state index is 9.31. The van der Waals surface area contributed by atoms with E-state index in [1.807, 2.05) is 24.3 Å². The summed E-state index contributed by atoms with van der Waals surface area (Å²) in [6.07, 6.45) is 1.40. The Morgan fingerprint density at radius 3 is 2.53 bits per heavy atom. The standard InChI is InChI=1S/C10H8BrClN2O/c11-10-9(15)5-13-14(10)6-7-1-3-8(12)4-2-7/h1-5,15H,6H2. The van der Waals surface area contributed by atoms with Gasteiger partial charge in [-0.05, 0) is 33.6 Å². The maximum Gasteiger partial charge on any atom is 0.168 e. The summed E-state index contributed by atoms with van der Waals surface area (Å²) in [5, 5.41) is 14.0. The van der Waals surface area contributed by atoms with Crippen LogP contribution in [0.25, 0.3) is 0 Å². The number of rotatable bonds is 2. The Morgan fingerprint density at radius 2 is 2.00 bits per heavy atom. The number of halogens is 2. The number of benzene rings is 1. The topological polar surface area (TPSA) is 38.1 Å². The van der Waals surface area contributed by atoms with Crippen LogP contribution in [-0.4, -0.2) is 14.9 Å². The van der Waals surface area contributed by atoms with Crippen LogP contribution in [0.1, 0.15) is 5.56 Å². The highest BCUT2D eigenvalue weighted by Crippen LogP contribution is 2.23. The summed E-state index contributed by atoms with van der Waals surface area (Å²) in [5.41, 5.74) is 1.07. The fraction of sp³-hybridized carbons (Fsp3) is 0.100. The van der Waals surface area contributed by atoms with E-state index in [9.17, 15) is 5.11 Å². The summed E-state index contributed by atoms with van der Waals surface area (Å²) >= 11 is 9.02. The lowest BCUT2D eigenvalue weighted by Gasteiger charge is -2.03. The fourth-order valence-electron chi connectivity index (χ4n) is 1.23. The van der Waals surface area contributed by atoms with Crippen LogP contribution in [0.15, 0.2) is 35.1 Å². The lowest BCUT2D eigenvalue weighted by Crippen LogP contribution is -2.01. The van der Waals surface area contributed by atoms with E-state index in [0.717, 1.165) is 5.56 Å². The highest BCUT2D eigenvalue weighted by Gasteiger charge is 2.06. The van der Waals surface area contributed by atoms with Crippen LogP contribution in [0.5, 0.6) is 5.75 Å². The first-order chi connectivity index (χ1) is 7.16. The minimum Gasteiger partial charge on any atom is -0.504 e. The van der Waals surface area contributed by atoms with E-state index in [4.69, 9.17) is 11.6 Å². The summed E-state index contributed by atoms with van der Waals surface area (Å²) in [6, 6.07) is 7.50. The van der Waals surface area contributed by atoms with Crippen molar-refractivity contribution < 1.29 is 5.11 Å². The first-order valence-corrected chi connectivity index (χ1v) is 5.48. The van der Waals surface area contributed by atoms with Crippen LogP contribution in [0.4, 0.5) is 0 Å². The molecule has 0 radical (unpaired) electrons. The predicted octanol–water partition coefficient (Wildman–Crippen LogP) is 3.05. The second-order valence-electron chi connectivity index (χ2n) is 3.10. The van der Waals surface area contributed by atoms with Gasteiger partial charge >= 0.3 is 0 Å². The molecule has 3 nitrogen and oxygen atoms in total. The lowest BCUT2D eigenvalue weighted by atomic mass is 10.2. The molecule has 0 unspecified atom stereocenters. The first-order valence-electron chi connectivity index (χ1n) is 4.31. The fourth-order valence-corrected chi connectivity index (χ4v) is 1.68. The third kappa shape index (κ3) is 2.33. The van der Waals surface area contributed by atoms with Crippen LogP contribution in [0.3, 0.4) is 0 Å². The number of hydrogen-bond acceptors (Lipinski definition) is 2. The molecule has 5 heteroatoms. The highest BCUT2D eigenvalue weighted by molar-refractivity contribution is 9.10.